The number of nitrogens with zero attached hydrogens (tertiary/aromatic N) is 4. The van der Waals surface area contributed by atoms with Crippen molar-refractivity contribution in [3.8, 4) is 0 Å². The number of carbonyl (C=O) groups is 1. The van der Waals surface area contributed by atoms with Gasteiger partial charge in [-0.2, -0.15) is 5.10 Å². The molecule has 1 aromatic heterocycles. The molecule has 19 heavy (non-hydrogen) atoms. The number of carbonyl (C=O) groups excluding carboxylic acids is 1. The Labute approximate surface area is 113 Å². The second-order valence-corrected chi connectivity index (χ2v) is 6.82. The average Bonchev–Trinajstić information content (AvgIpc) is 2.53. The van der Waals surface area contributed by atoms with Gasteiger partial charge in [-0.1, -0.05) is 0 Å². The van der Waals surface area contributed by atoms with Crippen LogP contribution in [-0.2, 0) is 21.4 Å². The second kappa shape index (κ2) is 5.30. The fourth-order valence-electron chi connectivity index (χ4n) is 1.66. The summed E-state index contributed by atoms with van der Waals surface area (Å²) in [5.74, 6) is -0.139. The Morgan fingerprint density at radius 3 is 2.16 bits per heavy atom. The smallest absolute Gasteiger partial charge is 0.246 e. The molecule has 0 aliphatic carbocycles. The van der Waals surface area contributed by atoms with Crippen LogP contribution >= 0.6 is 0 Å². The van der Waals surface area contributed by atoms with Gasteiger partial charge in [0, 0.05) is 28.2 Å². The van der Waals surface area contributed by atoms with Gasteiger partial charge >= 0.3 is 0 Å². The molecule has 0 fully saturated rings. The van der Waals surface area contributed by atoms with Crippen molar-refractivity contribution in [3.05, 3.63) is 11.4 Å². The molecule has 0 aromatic carbocycles. The molecule has 0 atom stereocenters. The summed E-state index contributed by atoms with van der Waals surface area (Å²) in [6.07, 6.45) is 0. The van der Waals surface area contributed by atoms with Gasteiger partial charge in [0.2, 0.25) is 15.9 Å². The molecule has 8 heteroatoms. The zero-order chi connectivity index (χ0) is 15.0. The third-order valence-corrected chi connectivity index (χ3v) is 4.91. The van der Waals surface area contributed by atoms with Crippen LogP contribution in [-0.4, -0.2) is 61.5 Å². The highest BCUT2D eigenvalue weighted by Gasteiger charge is 2.27. The summed E-state index contributed by atoms with van der Waals surface area (Å²) in [7, 11) is 2.68. The van der Waals surface area contributed by atoms with Crippen molar-refractivity contribution in [3.63, 3.8) is 0 Å². The maximum absolute atomic E-state index is 12.2. The molecule has 108 valence electrons. The summed E-state index contributed by atoms with van der Waals surface area (Å²) in [6.45, 7) is 3.31. The maximum Gasteiger partial charge on any atom is 0.246 e. The Hall–Kier alpha value is -1.41. The van der Waals surface area contributed by atoms with Gasteiger partial charge < -0.3 is 4.90 Å². The molecule has 0 radical (unpaired) electrons. The number of aromatic nitrogens is 2. The number of rotatable bonds is 4. The van der Waals surface area contributed by atoms with Crippen LogP contribution in [0, 0.1) is 13.8 Å². The van der Waals surface area contributed by atoms with Crippen molar-refractivity contribution >= 4 is 15.9 Å². The molecular formula is C11H20N4O3S. The normalized spacial score (nSPS) is 11.9. The Bertz CT molecular complexity index is 587. The molecule has 0 saturated carbocycles. The monoisotopic (exact) mass is 288 g/mol. The predicted octanol–water partition coefficient (Wildman–Crippen LogP) is -0.162. The third-order valence-electron chi connectivity index (χ3n) is 2.84. The standard InChI is InChI=1S/C11H20N4O3S/c1-8-11(19(17,18)14(5)6)9(2)15(12-8)7-10(16)13(3)4/h7H2,1-6H3. The van der Waals surface area contributed by atoms with Crippen molar-refractivity contribution < 1.29 is 13.2 Å². The van der Waals surface area contributed by atoms with E-state index in [1.165, 1.54) is 23.7 Å². The molecule has 1 aromatic rings. The Morgan fingerprint density at radius 1 is 1.21 bits per heavy atom. The Morgan fingerprint density at radius 2 is 1.74 bits per heavy atom. The second-order valence-electron chi connectivity index (χ2n) is 4.73. The summed E-state index contributed by atoms with van der Waals surface area (Å²) in [5.41, 5.74) is 0.874. The minimum Gasteiger partial charge on any atom is -0.347 e. The van der Waals surface area contributed by atoms with Gasteiger partial charge in [0.1, 0.15) is 11.4 Å². The number of aryl methyl sites for hydroxylation is 1. The van der Waals surface area contributed by atoms with Crippen molar-refractivity contribution in [1.82, 2.24) is 19.0 Å². The van der Waals surface area contributed by atoms with E-state index in [1.54, 1.807) is 27.9 Å². The summed E-state index contributed by atoms with van der Waals surface area (Å²) < 4.78 is 26.9. The van der Waals surface area contributed by atoms with Gasteiger partial charge in [0.05, 0.1) is 11.4 Å². The van der Waals surface area contributed by atoms with Crippen molar-refractivity contribution in [2.45, 2.75) is 25.3 Å². The first kappa shape index (κ1) is 15.6. The lowest BCUT2D eigenvalue weighted by Gasteiger charge is -2.13. The lowest BCUT2D eigenvalue weighted by molar-refractivity contribution is -0.129. The largest absolute Gasteiger partial charge is 0.347 e. The minimum absolute atomic E-state index is 0.0304. The first-order valence-corrected chi connectivity index (χ1v) is 7.19. The van der Waals surface area contributed by atoms with Crippen molar-refractivity contribution in [2.75, 3.05) is 28.2 Å². The van der Waals surface area contributed by atoms with E-state index in [9.17, 15) is 13.2 Å². The summed E-state index contributed by atoms with van der Waals surface area (Å²) in [5, 5.41) is 4.14. The van der Waals surface area contributed by atoms with Crippen LogP contribution in [0.15, 0.2) is 4.90 Å². The highest BCUT2D eigenvalue weighted by Crippen LogP contribution is 2.21. The molecule has 0 spiro atoms. The molecule has 0 saturated heterocycles. The van der Waals surface area contributed by atoms with Crippen LogP contribution in [0.25, 0.3) is 0 Å². The highest BCUT2D eigenvalue weighted by molar-refractivity contribution is 7.89. The first-order valence-electron chi connectivity index (χ1n) is 5.75. The number of hydrogen-bond acceptors (Lipinski definition) is 4. The maximum atomic E-state index is 12.2. The fourth-order valence-corrected chi connectivity index (χ4v) is 2.92. The van der Waals surface area contributed by atoms with Crippen LogP contribution in [0.3, 0.4) is 0 Å². The molecular weight excluding hydrogens is 268 g/mol. The molecule has 0 aliphatic heterocycles. The molecule has 7 nitrogen and oxygen atoms in total. The highest BCUT2D eigenvalue weighted by atomic mass is 32.2. The van der Waals surface area contributed by atoms with E-state index >= 15 is 0 Å². The van der Waals surface area contributed by atoms with Crippen LogP contribution in [0.5, 0.6) is 0 Å². The van der Waals surface area contributed by atoms with Gasteiger partial charge in [-0.15, -0.1) is 0 Å². The number of hydrogen-bond donors (Lipinski definition) is 0. The van der Waals surface area contributed by atoms with E-state index in [-0.39, 0.29) is 17.3 Å². The Balaban J connectivity index is 3.27. The minimum atomic E-state index is -3.55. The predicted molar refractivity (Wildman–Crippen MR) is 71.3 cm³/mol. The van der Waals surface area contributed by atoms with E-state index in [0.29, 0.717) is 11.4 Å². The first-order chi connectivity index (χ1) is 8.59. The average molecular weight is 288 g/mol. The van der Waals surface area contributed by atoms with Gasteiger partial charge in [-0.05, 0) is 13.8 Å². The molecule has 1 amide bonds. The van der Waals surface area contributed by atoms with E-state index in [2.05, 4.69) is 5.10 Å². The summed E-state index contributed by atoms with van der Waals surface area (Å²) in [4.78, 5) is 13.3. The van der Waals surface area contributed by atoms with Gasteiger partial charge in [-0.25, -0.2) is 12.7 Å². The molecule has 1 rings (SSSR count). The summed E-state index contributed by atoms with van der Waals surface area (Å²) >= 11 is 0. The Kier molecular flexibility index (Phi) is 4.36. The van der Waals surface area contributed by atoms with Gasteiger partial charge in [0.25, 0.3) is 0 Å². The van der Waals surface area contributed by atoms with Crippen LogP contribution < -0.4 is 0 Å². The zero-order valence-electron chi connectivity index (χ0n) is 12.1. The number of likely N-dealkylation sites (N-methyl/N-ethyl adjacent to an activating group) is 1. The number of amides is 1. The molecule has 0 N–H and O–H groups in total. The fraction of sp³-hybridized carbons (Fsp3) is 0.636. The van der Waals surface area contributed by atoms with Crippen molar-refractivity contribution in [1.29, 1.82) is 0 Å². The van der Waals surface area contributed by atoms with E-state index in [1.807, 2.05) is 0 Å². The third kappa shape index (κ3) is 2.95. The van der Waals surface area contributed by atoms with Crippen molar-refractivity contribution in [2.24, 2.45) is 0 Å². The van der Waals surface area contributed by atoms with Crippen LogP contribution in [0.1, 0.15) is 11.4 Å². The van der Waals surface area contributed by atoms with E-state index < -0.39 is 10.0 Å². The molecule has 0 bridgehead atoms. The van der Waals surface area contributed by atoms with Gasteiger partial charge in [0.15, 0.2) is 0 Å². The SMILES string of the molecule is Cc1nn(CC(=O)N(C)C)c(C)c1S(=O)(=O)N(C)C. The summed E-state index contributed by atoms with van der Waals surface area (Å²) in [6, 6.07) is 0. The molecule has 0 aliphatic rings. The topological polar surface area (TPSA) is 75.5 Å². The molecule has 0 unspecified atom stereocenters. The van der Waals surface area contributed by atoms with Crippen LogP contribution in [0.4, 0.5) is 0 Å². The van der Waals surface area contributed by atoms with Gasteiger partial charge in [-0.3, -0.25) is 9.48 Å². The lowest BCUT2D eigenvalue weighted by Crippen LogP contribution is -2.27. The van der Waals surface area contributed by atoms with Crippen LogP contribution in [0.2, 0.25) is 0 Å². The molecule has 1 heterocycles. The zero-order valence-corrected chi connectivity index (χ0v) is 12.9. The number of sulfonamides is 1. The van der Waals surface area contributed by atoms with E-state index in [0.717, 1.165) is 4.31 Å². The quantitative estimate of drug-likeness (QED) is 0.771. The van der Waals surface area contributed by atoms with E-state index in [4.69, 9.17) is 0 Å². The lowest BCUT2D eigenvalue weighted by atomic mass is 10.4.